The van der Waals surface area contributed by atoms with Crippen molar-refractivity contribution in [2.45, 2.75) is 33.6 Å². The third kappa shape index (κ3) is 4.97. The topological polar surface area (TPSA) is 56.1 Å². The summed E-state index contributed by atoms with van der Waals surface area (Å²) in [6.45, 7) is 8.89. The van der Waals surface area contributed by atoms with Crippen LogP contribution in [0, 0.1) is 18.3 Å². The predicted octanol–water partition coefficient (Wildman–Crippen LogP) is 4.99. The monoisotopic (exact) mass is 347 g/mol. The molecule has 0 radical (unpaired) electrons. The largest absolute Gasteiger partial charge is 0.347 e. The molecular formula is C22H25N3O. The highest BCUT2D eigenvalue weighted by Gasteiger charge is 2.12. The van der Waals surface area contributed by atoms with Gasteiger partial charge in [0.15, 0.2) is 0 Å². The van der Waals surface area contributed by atoms with E-state index in [1.54, 1.807) is 6.20 Å². The van der Waals surface area contributed by atoms with Gasteiger partial charge in [-0.15, -0.1) is 0 Å². The van der Waals surface area contributed by atoms with Crippen LogP contribution in [0.2, 0.25) is 0 Å². The number of amides is 1. The quantitative estimate of drug-likeness (QED) is 0.591. The van der Waals surface area contributed by atoms with Crippen LogP contribution < -0.4 is 10.2 Å². The number of anilines is 2. The lowest BCUT2D eigenvalue weighted by atomic mass is 10.0. The Balaban J connectivity index is 2.18. The molecule has 2 aromatic rings. The summed E-state index contributed by atoms with van der Waals surface area (Å²) in [5, 5.41) is 12.2. The van der Waals surface area contributed by atoms with Gasteiger partial charge in [0.1, 0.15) is 11.6 Å². The lowest BCUT2D eigenvalue weighted by Crippen LogP contribution is -2.20. The molecule has 1 amide bonds. The Morgan fingerprint density at radius 3 is 2.46 bits per heavy atom. The minimum absolute atomic E-state index is 0.0706. The number of nitrogens with one attached hydrogen (secondary N) is 1. The predicted molar refractivity (Wildman–Crippen MR) is 107 cm³/mol. The second kappa shape index (κ2) is 8.87. The number of rotatable bonds is 6. The van der Waals surface area contributed by atoms with Crippen molar-refractivity contribution in [2.75, 3.05) is 16.8 Å². The van der Waals surface area contributed by atoms with E-state index in [0.717, 1.165) is 11.3 Å². The fraction of sp³-hybridized carbons (Fsp3) is 0.273. The van der Waals surface area contributed by atoms with Crippen molar-refractivity contribution in [3.8, 4) is 6.07 Å². The van der Waals surface area contributed by atoms with Crippen LogP contribution in [0.15, 0.2) is 60.3 Å². The number of carbonyl (C=O) groups excluding carboxylic acids is 1. The number of nitrogens with zero attached hydrogens (tertiary/aromatic N) is 2. The smallest absolute Gasteiger partial charge is 0.267 e. The molecule has 0 fully saturated rings. The zero-order chi connectivity index (χ0) is 19.1. The Morgan fingerprint density at radius 2 is 1.92 bits per heavy atom. The second-order valence-corrected chi connectivity index (χ2v) is 6.51. The third-order valence-corrected chi connectivity index (χ3v) is 4.16. The Kier molecular flexibility index (Phi) is 6.57. The van der Waals surface area contributed by atoms with Gasteiger partial charge in [-0.05, 0) is 55.2 Å². The van der Waals surface area contributed by atoms with E-state index in [9.17, 15) is 10.1 Å². The van der Waals surface area contributed by atoms with Crippen molar-refractivity contribution in [1.82, 2.24) is 0 Å². The number of nitriles is 1. The van der Waals surface area contributed by atoms with Gasteiger partial charge in [0.2, 0.25) is 0 Å². The minimum Gasteiger partial charge on any atom is -0.347 e. The average Bonchev–Trinajstić information content (AvgIpc) is 2.63. The Morgan fingerprint density at radius 1 is 1.23 bits per heavy atom. The normalized spacial score (nSPS) is 11.2. The molecule has 0 aliphatic heterocycles. The molecule has 2 rings (SSSR count). The standard InChI is InChI=1S/C22H25N3O/c1-5-25(21-8-6-7-17(4)13-21)15-19(14-23)22(26)24-20-11-9-18(10-12-20)16(2)3/h6-13,15-16H,5H2,1-4H3,(H,24,26)/b19-15-. The SMILES string of the molecule is CCN(/C=C(/C#N)C(=O)Nc1ccc(C(C)C)cc1)c1cccc(C)c1. The molecule has 0 atom stereocenters. The van der Waals surface area contributed by atoms with Gasteiger partial charge in [0, 0.05) is 24.1 Å². The molecule has 4 nitrogen and oxygen atoms in total. The number of hydrogen-bond acceptors (Lipinski definition) is 3. The molecule has 0 heterocycles. The van der Waals surface area contributed by atoms with Crippen LogP contribution in [0.25, 0.3) is 0 Å². The second-order valence-electron chi connectivity index (χ2n) is 6.51. The first-order valence-corrected chi connectivity index (χ1v) is 8.81. The van der Waals surface area contributed by atoms with E-state index in [-0.39, 0.29) is 5.57 Å². The molecule has 0 saturated heterocycles. The van der Waals surface area contributed by atoms with Crippen LogP contribution in [0.3, 0.4) is 0 Å². The van der Waals surface area contributed by atoms with Gasteiger partial charge in [-0.25, -0.2) is 0 Å². The van der Waals surface area contributed by atoms with Gasteiger partial charge in [0.25, 0.3) is 5.91 Å². The van der Waals surface area contributed by atoms with E-state index in [1.807, 2.05) is 73.3 Å². The van der Waals surface area contributed by atoms with Crippen LogP contribution in [0.4, 0.5) is 11.4 Å². The molecule has 1 N–H and O–H groups in total. The number of aryl methyl sites for hydroxylation is 1. The summed E-state index contributed by atoms with van der Waals surface area (Å²) in [4.78, 5) is 14.4. The first kappa shape index (κ1) is 19.3. The van der Waals surface area contributed by atoms with Gasteiger partial charge >= 0.3 is 0 Å². The molecule has 4 heteroatoms. The van der Waals surface area contributed by atoms with Gasteiger partial charge in [0.05, 0.1) is 0 Å². The molecule has 26 heavy (non-hydrogen) atoms. The van der Waals surface area contributed by atoms with Crippen molar-refractivity contribution < 1.29 is 4.79 Å². The van der Waals surface area contributed by atoms with Gasteiger partial charge in [-0.2, -0.15) is 5.26 Å². The molecule has 2 aromatic carbocycles. The molecule has 134 valence electrons. The molecule has 0 saturated carbocycles. The molecule has 0 aliphatic rings. The average molecular weight is 347 g/mol. The van der Waals surface area contributed by atoms with Crippen LogP contribution in [0.1, 0.15) is 37.8 Å². The van der Waals surface area contributed by atoms with Crippen molar-refractivity contribution in [3.63, 3.8) is 0 Å². The summed E-state index contributed by atoms with van der Waals surface area (Å²) in [6, 6.07) is 17.7. The van der Waals surface area contributed by atoms with Crippen LogP contribution in [0.5, 0.6) is 0 Å². The van der Waals surface area contributed by atoms with E-state index in [4.69, 9.17) is 0 Å². The van der Waals surface area contributed by atoms with E-state index < -0.39 is 5.91 Å². The van der Waals surface area contributed by atoms with E-state index in [1.165, 1.54) is 5.56 Å². The molecule has 0 spiro atoms. The molecule has 0 aliphatic carbocycles. The highest BCUT2D eigenvalue weighted by atomic mass is 16.1. The molecule has 0 bridgehead atoms. The lowest BCUT2D eigenvalue weighted by molar-refractivity contribution is -0.112. The fourth-order valence-corrected chi connectivity index (χ4v) is 2.60. The van der Waals surface area contributed by atoms with Crippen LogP contribution in [-0.4, -0.2) is 12.5 Å². The summed E-state index contributed by atoms with van der Waals surface area (Å²) in [5.41, 5.74) is 4.04. The van der Waals surface area contributed by atoms with Gasteiger partial charge in [-0.3, -0.25) is 4.79 Å². The van der Waals surface area contributed by atoms with Crippen LogP contribution >= 0.6 is 0 Å². The van der Waals surface area contributed by atoms with E-state index >= 15 is 0 Å². The highest BCUT2D eigenvalue weighted by molar-refractivity contribution is 6.06. The zero-order valence-electron chi connectivity index (χ0n) is 15.8. The maximum Gasteiger partial charge on any atom is 0.267 e. The van der Waals surface area contributed by atoms with E-state index in [2.05, 4.69) is 19.2 Å². The van der Waals surface area contributed by atoms with Gasteiger partial charge in [-0.1, -0.05) is 38.1 Å². The number of hydrogen-bond donors (Lipinski definition) is 1. The number of benzene rings is 2. The summed E-state index contributed by atoms with van der Waals surface area (Å²) in [6.07, 6.45) is 1.60. The Hall–Kier alpha value is -3.06. The number of carbonyl (C=O) groups is 1. The Bertz CT molecular complexity index is 829. The first-order chi connectivity index (χ1) is 12.4. The van der Waals surface area contributed by atoms with Crippen molar-refractivity contribution in [3.05, 3.63) is 71.4 Å². The maximum absolute atomic E-state index is 12.5. The van der Waals surface area contributed by atoms with E-state index in [0.29, 0.717) is 18.2 Å². The summed E-state index contributed by atoms with van der Waals surface area (Å²) >= 11 is 0. The summed E-state index contributed by atoms with van der Waals surface area (Å²) in [5.74, 6) is 0.0256. The Labute approximate surface area is 155 Å². The zero-order valence-corrected chi connectivity index (χ0v) is 15.8. The first-order valence-electron chi connectivity index (χ1n) is 8.81. The molecule has 0 unspecified atom stereocenters. The third-order valence-electron chi connectivity index (χ3n) is 4.16. The minimum atomic E-state index is -0.407. The maximum atomic E-state index is 12.5. The molecule has 0 aromatic heterocycles. The summed E-state index contributed by atoms with van der Waals surface area (Å²) in [7, 11) is 0. The molecular weight excluding hydrogens is 322 g/mol. The van der Waals surface area contributed by atoms with Gasteiger partial charge < -0.3 is 10.2 Å². The lowest BCUT2D eigenvalue weighted by Gasteiger charge is -2.19. The van der Waals surface area contributed by atoms with Crippen LogP contribution in [-0.2, 0) is 4.79 Å². The fourth-order valence-electron chi connectivity index (χ4n) is 2.60. The highest BCUT2D eigenvalue weighted by Crippen LogP contribution is 2.19. The van der Waals surface area contributed by atoms with Crippen molar-refractivity contribution >= 4 is 17.3 Å². The van der Waals surface area contributed by atoms with Crippen molar-refractivity contribution in [1.29, 1.82) is 5.26 Å². The summed E-state index contributed by atoms with van der Waals surface area (Å²) < 4.78 is 0. The van der Waals surface area contributed by atoms with Crippen molar-refractivity contribution in [2.24, 2.45) is 0 Å².